The van der Waals surface area contributed by atoms with E-state index in [1.807, 2.05) is 12.1 Å². The number of thiophene rings is 1. The number of fused-ring (bicyclic) bond motifs is 1. The fraction of sp³-hybridized carbons (Fsp3) is 0.357. The first-order valence-corrected chi connectivity index (χ1v) is 7.29. The average molecular weight is 276 g/mol. The van der Waals surface area contributed by atoms with E-state index in [0.717, 1.165) is 48.4 Å². The molecule has 5 heteroatoms. The van der Waals surface area contributed by atoms with Crippen LogP contribution in [0.5, 0.6) is 0 Å². The van der Waals surface area contributed by atoms with Crippen molar-refractivity contribution in [3.8, 4) is 0 Å². The minimum Gasteiger partial charge on any atom is -0.478 e. The third kappa shape index (κ3) is 2.49. The second-order valence-electron chi connectivity index (χ2n) is 4.77. The van der Waals surface area contributed by atoms with Crippen LogP contribution in [0.25, 0.3) is 10.1 Å². The molecule has 4 nitrogen and oxygen atoms in total. The Morgan fingerprint density at radius 1 is 1.37 bits per heavy atom. The molecule has 0 bridgehead atoms. The van der Waals surface area contributed by atoms with Crippen LogP contribution >= 0.6 is 11.3 Å². The van der Waals surface area contributed by atoms with E-state index in [-0.39, 0.29) is 0 Å². The van der Waals surface area contributed by atoms with Crippen molar-refractivity contribution in [2.75, 3.05) is 26.2 Å². The minimum atomic E-state index is -0.842. The lowest BCUT2D eigenvalue weighted by Crippen LogP contribution is -2.42. The number of aromatic carboxylic acids is 1. The number of carboxylic acids is 1. The Balaban J connectivity index is 1.96. The van der Waals surface area contributed by atoms with Crippen LogP contribution in [0.1, 0.15) is 15.9 Å². The summed E-state index contributed by atoms with van der Waals surface area (Å²) in [7, 11) is 0. The molecule has 1 aromatic carbocycles. The number of benzene rings is 1. The van der Waals surface area contributed by atoms with Gasteiger partial charge in [0.1, 0.15) is 0 Å². The molecule has 19 heavy (non-hydrogen) atoms. The number of hydrogen-bond donors (Lipinski definition) is 2. The molecule has 1 aromatic heterocycles. The fourth-order valence-electron chi connectivity index (χ4n) is 2.56. The minimum absolute atomic E-state index is 0.420. The highest BCUT2D eigenvalue weighted by Gasteiger charge is 2.16. The molecule has 2 aromatic rings. The standard InChI is InChI=1S/C14H16N2O2S/c17-14(18)11-2-1-3-12-13(11)10(9-19-12)8-16-6-4-15-5-7-16/h1-3,9,15H,4-8H2,(H,17,18). The van der Waals surface area contributed by atoms with E-state index in [2.05, 4.69) is 15.6 Å². The van der Waals surface area contributed by atoms with Crippen LogP contribution in [-0.2, 0) is 6.54 Å². The van der Waals surface area contributed by atoms with Crippen LogP contribution < -0.4 is 5.32 Å². The van der Waals surface area contributed by atoms with Crippen LogP contribution in [0.3, 0.4) is 0 Å². The molecule has 0 unspecified atom stereocenters. The van der Waals surface area contributed by atoms with Crippen LogP contribution in [0.2, 0.25) is 0 Å². The third-order valence-corrected chi connectivity index (χ3v) is 4.51. The maximum absolute atomic E-state index is 11.3. The Kier molecular flexibility index (Phi) is 3.50. The maximum atomic E-state index is 11.3. The highest BCUT2D eigenvalue weighted by Crippen LogP contribution is 2.30. The molecule has 100 valence electrons. The largest absolute Gasteiger partial charge is 0.478 e. The quantitative estimate of drug-likeness (QED) is 0.900. The number of nitrogens with one attached hydrogen (secondary N) is 1. The van der Waals surface area contributed by atoms with E-state index >= 15 is 0 Å². The smallest absolute Gasteiger partial charge is 0.336 e. The van der Waals surface area contributed by atoms with Crippen molar-refractivity contribution in [2.24, 2.45) is 0 Å². The zero-order valence-corrected chi connectivity index (χ0v) is 11.4. The van der Waals surface area contributed by atoms with Gasteiger partial charge in [-0.1, -0.05) is 6.07 Å². The molecule has 0 amide bonds. The summed E-state index contributed by atoms with van der Waals surface area (Å²) in [6.45, 7) is 4.90. The van der Waals surface area contributed by atoms with E-state index in [4.69, 9.17) is 0 Å². The van der Waals surface area contributed by atoms with Crippen molar-refractivity contribution >= 4 is 27.4 Å². The van der Waals surface area contributed by atoms with E-state index < -0.39 is 5.97 Å². The van der Waals surface area contributed by atoms with Gasteiger partial charge in [0.2, 0.25) is 0 Å². The summed E-state index contributed by atoms with van der Waals surface area (Å²) in [5.41, 5.74) is 1.56. The van der Waals surface area contributed by atoms with Crippen LogP contribution in [-0.4, -0.2) is 42.2 Å². The Morgan fingerprint density at radius 3 is 2.89 bits per heavy atom. The van der Waals surface area contributed by atoms with Gasteiger partial charge in [-0.05, 0) is 23.1 Å². The fourth-order valence-corrected chi connectivity index (χ4v) is 3.54. The van der Waals surface area contributed by atoms with E-state index in [1.165, 1.54) is 0 Å². The lowest BCUT2D eigenvalue weighted by molar-refractivity contribution is 0.0699. The predicted molar refractivity (Wildman–Crippen MR) is 76.9 cm³/mol. The molecule has 0 radical (unpaired) electrons. The molecule has 3 rings (SSSR count). The van der Waals surface area contributed by atoms with Gasteiger partial charge in [-0.3, -0.25) is 4.90 Å². The van der Waals surface area contributed by atoms with Gasteiger partial charge >= 0.3 is 5.97 Å². The molecule has 1 fully saturated rings. The van der Waals surface area contributed by atoms with E-state index in [1.54, 1.807) is 17.4 Å². The van der Waals surface area contributed by atoms with Gasteiger partial charge in [0, 0.05) is 42.8 Å². The summed E-state index contributed by atoms with van der Waals surface area (Å²) < 4.78 is 1.06. The normalized spacial score (nSPS) is 16.8. The zero-order valence-electron chi connectivity index (χ0n) is 10.6. The molecule has 1 aliphatic heterocycles. The second-order valence-corrected chi connectivity index (χ2v) is 5.68. The number of piperazine rings is 1. The number of rotatable bonds is 3. The van der Waals surface area contributed by atoms with Crippen molar-refractivity contribution in [3.63, 3.8) is 0 Å². The van der Waals surface area contributed by atoms with Crippen molar-refractivity contribution in [1.82, 2.24) is 10.2 Å². The van der Waals surface area contributed by atoms with Crippen LogP contribution in [0.15, 0.2) is 23.6 Å². The van der Waals surface area contributed by atoms with Gasteiger partial charge in [-0.25, -0.2) is 4.79 Å². The van der Waals surface area contributed by atoms with Crippen molar-refractivity contribution < 1.29 is 9.90 Å². The highest BCUT2D eigenvalue weighted by atomic mass is 32.1. The van der Waals surface area contributed by atoms with Gasteiger partial charge in [0.25, 0.3) is 0 Å². The Labute approximate surface area is 115 Å². The topological polar surface area (TPSA) is 52.6 Å². The molecule has 1 aliphatic rings. The van der Waals surface area contributed by atoms with E-state index in [9.17, 15) is 9.90 Å². The van der Waals surface area contributed by atoms with E-state index in [0.29, 0.717) is 5.56 Å². The number of hydrogen-bond acceptors (Lipinski definition) is 4. The van der Waals surface area contributed by atoms with Gasteiger partial charge in [0.15, 0.2) is 0 Å². The lowest BCUT2D eigenvalue weighted by Gasteiger charge is -2.27. The van der Waals surface area contributed by atoms with Crippen molar-refractivity contribution in [1.29, 1.82) is 0 Å². The van der Waals surface area contributed by atoms with Crippen molar-refractivity contribution in [3.05, 3.63) is 34.7 Å². The SMILES string of the molecule is O=C(O)c1cccc2scc(CN3CCNCC3)c12. The first kappa shape index (κ1) is 12.6. The summed E-state index contributed by atoms with van der Waals surface area (Å²) in [4.78, 5) is 13.7. The zero-order chi connectivity index (χ0) is 13.2. The first-order valence-electron chi connectivity index (χ1n) is 6.41. The maximum Gasteiger partial charge on any atom is 0.336 e. The monoisotopic (exact) mass is 276 g/mol. The first-order chi connectivity index (χ1) is 9.25. The molecule has 0 spiro atoms. The van der Waals surface area contributed by atoms with Crippen molar-refractivity contribution in [2.45, 2.75) is 6.54 Å². The molecular formula is C14H16N2O2S. The van der Waals surface area contributed by atoms with Gasteiger partial charge in [-0.2, -0.15) is 0 Å². The average Bonchev–Trinajstić information content (AvgIpc) is 2.83. The summed E-state index contributed by atoms with van der Waals surface area (Å²) in [6, 6.07) is 5.50. The number of carbonyl (C=O) groups is 1. The molecule has 2 heterocycles. The third-order valence-electron chi connectivity index (χ3n) is 3.51. The summed E-state index contributed by atoms with van der Waals surface area (Å²) in [5.74, 6) is -0.842. The van der Waals surface area contributed by atoms with Crippen LogP contribution in [0.4, 0.5) is 0 Å². The Morgan fingerprint density at radius 2 is 2.16 bits per heavy atom. The molecule has 0 saturated carbocycles. The summed E-state index contributed by atoms with van der Waals surface area (Å²) in [5, 5.41) is 15.7. The summed E-state index contributed by atoms with van der Waals surface area (Å²) >= 11 is 1.63. The number of carboxylic acid groups (broad SMARTS) is 1. The predicted octanol–water partition coefficient (Wildman–Crippen LogP) is 2.00. The van der Waals surface area contributed by atoms with Gasteiger partial charge in [-0.15, -0.1) is 11.3 Å². The van der Waals surface area contributed by atoms with Crippen LogP contribution in [0, 0.1) is 0 Å². The van der Waals surface area contributed by atoms with Gasteiger partial charge < -0.3 is 10.4 Å². The second kappa shape index (κ2) is 5.28. The summed E-state index contributed by atoms with van der Waals surface area (Å²) in [6.07, 6.45) is 0. The molecule has 0 aliphatic carbocycles. The molecular weight excluding hydrogens is 260 g/mol. The Hall–Kier alpha value is -1.43. The lowest BCUT2D eigenvalue weighted by atomic mass is 10.1. The highest BCUT2D eigenvalue weighted by molar-refractivity contribution is 7.17. The molecule has 1 saturated heterocycles. The molecule has 0 atom stereocenters. The Bertz CT molecular complexity index is 603. The number of nitrogens with zero attached hydrogens (tertiary/aromatic N) is 1. The van der Waals surface area contributed by atoms with Gasteiger partial charge in [0.05, 0.1) is 5.56 Å². The molecule has 2 N–H and O–H groups in total.